The van der Waals surface area contributed by atoms with Crippen LogP contribution in [0.5, 0.6) is 0 Å². The maximum absolute atomic E-state index is 13.6. The molecule has 0 bridgehead atoms. The van der Waals surface area contributed by atoms with Gasteiger partial charge in [-0.15, -0.1) is 0 Å². The fourth-order valence-electron chi connectivity index (χ4n) is 3.95. The van der Waals surface area contributed by atoms with Crippen LogP contribution in [0.2, 0.25) is 0 Å². The largest absolute Gasteiger partial charge is 0.370 e. The van der Waals surface area contributed by atoms with Crippen molar-refractivity contribution in [1.29, 1.82) is 0 Å². The second-order valence-electron chi connectivity index (χ2n) is 7.02. The lowest BCUT2D eigenvalue weighted by Crippen LogP contribution is -2.57. The van der Waals surface area contributed by atoms with Gasteiger partial charge in [0.2, 0.25) is 0 Å². The van der Waals surface area contributed by atoms with Gasteiger partial charge in [-0.05, 0) is 49.7 Å². The van der Waals surface area contributed by atoms with Gasteiger partial charge in [0, 0.05) is 18.9 Å². The number of morpholine rings is 1. The molecule has 0 spiro atoms. The smallest absolute Gasteiger partial charge is 0.250 e. The van der Waals surface area contributed by atoms with E-state index in [1.54, 1.807) is 15.8 Å². The van der Waals surface area contributed by atoms with E-state index in [0.717, 1.165) is 25.2 Å². The number of nitrogens with one attached hydrogen (secondary N) is 1. The minimum Gasteiger partial charge on any atom is -0.370 e. The maximum Gasteiger partial charge on any atom is 0.250 e. The van der Waals surface area contributed by atoms with E-state index < -0.39 is 23.3 Å². The van der Waals surface area contributed by atoms with E-state index >= 15 is 0 Å². The van der Waals surface area contributed by atoms with Gasteiger partial charge in [-0.3, -0.25) is 9.48 Å². The Balaban J connectivity index is 1.58. The SMILES string of the molecule is O=C(N1CCOC(c2ccc(F)c(F)c2)C1)C1(n2cccn2)CCNCC1. The average Bonchev–Trinajstić information content (AvgIpc) is 3.25. The van der Waals surface area contributed by atoms with Crippen molar-refractivity contribution >= 4 is 5.91 Å². The number of piperidine rings is 1. The van der Waals surface area contributed by atoms with E-state index in [4.69, 9.17) is 4.74 Å². The topological polar surface area (TPSA) is 59.4 Å². The number of halogens is 2. The molecule has 8 heteroatoms. The van der Waals surface area contributed by atoms with Crippen molar-refractivity contribution in [3.05, 3.63) is 53.9 Å². The number of benzene rings is 1. The summed E-state index contributed by atoms with van der Waals surface area (Å²) in [5, 5.41) is 7.64. The minimum absolute atomic E-state index is 0.00332. The first-order chi connectivity index (χ1) is 13.1. The Hall–Kier alpha value is -2.32. The summed E-state index contributed by atoms with van der Waals surface area (Å²) in [5.41, 5.74) is -0.185. The average molecular weight is 376 g/mol. The van der Waals surface area contributed by atoms with Crippen molar-refractivity contribution < 1.29 is 18.3 Å². The summed E-state index contributed by atoms with van der Waals surface area (Å²) >= 11 is 0. The predicted molar refractivity (Wildman–Crippen MR) is 93.9 cm³/mol. The van der Waals surface area contributed by atoms with Crippen molar-refractivity contribution in [2.24, 2.45) is 0 Å². The highest BCUT2D eigenvalue weighted by atomic mass is 19.2. The summed E-state index contributed by atoms with van der Waals surface area (Å²) in [6, 6.07) is 5.56. The van der Waals surface area contributed by atoms with Crippen LogP contribution >= 0.6 is 0 Å². The highest BCUT2D eigenvalue weighted by Crippen LogP contribution is 2.32. The number of carbonyl (C=O) groups excluding carboxylic acids is 1. The molecule has 1 aromatic carbocycles. The van der Waals surface area contributed by atoms with Gasteiger partial charge in [0.05, 0.1) is 13.2 Å². The predicted octanol–water partition coefficient (Wildman–Crippen LogP) is 1.84. The van der Waals surface area contributed by atoms with Crippen LogP contribution in [-0.4, -0.2) is 53.4 Å². The number of aromatic nitrogens is 2. The molecular formula is C19H22F2N4O2. The van der Waals surface area contributed by atoms with Crippen LogP contribution in [0, 0.1) is 11.6 Å². The molecule has 3 heterocycles. The second kappa shape index (κ2) is 7.36. The van der Waals surface area contributed by atoms with Crippen molar-refractivity contribution in [1.82, 2.24) is 20.0 Å². The first kappa shape index (κ1) is 18.1. The van der Waals surface area contributed by atoms with E-state index in [9.17, 15) is 13.6 Å². The summed E-state index contributed by atoms with van der Waals surface area (Å²) in [6.07, 6.45) is 4.34. The number of ether oxygens (including phenoxy) is 1. The summed E-state index contributed by atoms with van der Waals surface area (Å²) in [7, 11) is 0. The monoisotopic (exact) mass is 376 g/mol. The third-order valence-corrected chi connectivity index (χ3v) is 5.44. The van der Waals surface area contributed by atoms with Crippen LogP contribution in [0.1, 0.15) is 24.5 Å². The first-order valence-electron chi connectivity index (χ1n) is 9.17. The molecular weight excluding hydrogens is 354 g/mol. The zero-order valence-electron chi connectivity index (χ0n) is 14.9. The lowest BCUT2D eigenvalue weighted by molar-refractivity contribution is -0.151. The molecule has 1 aromatic heterocycles. The fourth-order valence-corrected chi connectivity index (χ4v) is 3.95. The number of nitrogens with zero attached hydrogens (tertiary/aromatic N) is 3. The molecule has 2 aliphatic heterocycles. The van der Waals surface area contributed by atoms with Crippen molar-refractivity contribution in [2.75, 3.05) is 32.8 Å². The van der Waals surface area contributed by atoms with E-state index in [2.05, 4.69) is 10.4 Å². The van der Waals surface area contributed by atoms with Gasteiger partial charge < -0.3 is 15.0 Å². The number of hydrogen-bond acceptors (Lipinski definition) is 4. The van der Waals surface area contributed by atoms with Crippen molar-refractivity contribution in [2.45, 2.75) is 24.5 Å². The van der Waals surface area contributed by atoms with Gasteiger partial charge in [-0.2, -0.15) is 5.10 Å². The van der Waals surface area contributed by atoms with Gasteiger partial charge in [-0.1, -0.05) is 6.07 Å². The number of amides is 1. The lowest BCUT2D eigenvalue weighted by atomic mass is 9.86. The molecule has 1 atom stereocenters. The number of carbonyl (C=O) groups is 1. The van der Waals surface area contributed by atoms with E-state index in [1.807, 2.05) is 12.3 Å². The zero-order chi connectivity index (χ0) is 18.9. The highest BCUT2D eigenvalue weighted by molar-refractivity contribution is 5.85. The van der Waals surface area contributed by atoms with Crippen molar-refractivity contribution in [3.8, 4) is 0 Å². The Morgan fingerprint density at radius 2 is 2.07 bits per heavy atom. The Kier molecular flexibility index (Phi) is 4.92. The van der Waals surface area contributed by atoms with Gasteiger partial charge in [0.15, 0.2) is 11.6 Å². The zero-order valence-corrected chi connectivity index (χ0v) is 14.9. The van der Waals surface area contributed by atoms with Crippen molar-refractivity contribution in [3.63, 3.8) is 0 Å². The molecule has 1 amide bonds. The molecule has 2 saturated heterocycles. The molecule has 144 valence electrons. The van der Waals surface area contributed by atoms with Crippen LogP contribution in [0.4, 0.5) is 8.78 Å². The summed E-state index contributed by atoms with van der Waals surface area (Å²) < 4.78 is 34.3. The first-order valence-corrected chi connectivity index (χ1v) is 9.17. The summed E-state index contributed by atoms with van der Waals surface area (Å²) in [5.74, 6) is -1.80. The third-order valence-electron chi connectivity index (χ3n) is 5.44. The molecule has 0 aliphatic carbocycles. The van der Waals surface area contributed by atoms with Crippen LogP contribution in [0.15, 0.2) is 36.7 Å². The Morgan fingerprint density at radius 3 is 2.78 bits per heavy atom. The van der Waals surface area contributed by atoms with E-state index in [1.165, 1.54) is 6.07 Å². The van der Waals surface area contributed by atoms with Crippen LogP contribution in [0.3, 0.4) is 0 Å². The summed E-state index contributed by atoms with van der Waals surface area (Å²) in [4.78, 5) is 15.3. The van der Waals surface area contributed by atoms with Gasteiger partial charge >= 0.3 is 0 Å². The van der Waals surface area contributed by atoms with Crippen LogP contribution in [0.25, 0.3) is 0 Å². The molecule has 6 nitrogen and oxygen atoms in total. The third kappa shape index (κ3) is 3.35. The molecule has 27 heavy (non-hydrogen) atoms. The normalized spacial score (nSPS) is 22.6. The van der Waals surface area contributed by atoms with E-state index in [-0.39, 0.29) is 5.91 Å². The molecule has 1 N–H and O–H groups in total. The highest BCUT2D eigenvalue weighted by Gasteiger charge is 2.45. The lowest BCUT2D eigenvalue weighted by Gasteiger charge is -2.42. The second-order valence-corrected chi connectivity index (χ2v) is 7.02. The molecule has 0 saturated carbocycles. The number of hydrogen-bond donors (Lipinski definition) is 1. The molecule has 0 radical (unpaired) electrons. The Morgan fingerprint density at radius 1 is 1.26 bits per heavy atom. The maximum atomic E-state index is 13.6. The van der Waals surface area contributed by atoms with Crippen LogP contribution < -0.4 is 5.32 Å². The van der Waals surface area contributed by atoms with E-state index in [0.29, 0.717) is 38.1 Å². The van der Waals surface area contributed by atoms with Gasteiger partial charge in [-0.25, -0.2) is 8.78 Å². The summed E-state index contributed by atoms with van der Waals surface area (Å²) in [6.45, 7) is 2.60. The van der Waals surface area contributed by atoms with Crippen LogP contribution in [-0.2, 0) is 15.1 Å². The Bertz CT molecular complexity index is 806. The van der Waals surface area contributed by atoms with Gasteiger partial charge in [0.1, 0.15) is 11.6 Å². The Labute approximate surface area is 156 Å². The molecule has 4 rings (SSSR count). The molecule has 2 aromatic rings. The number of rotatable bonds is 3. The van der Waals surface area contributed by atoms with Gasteiger partial charge in [0.25, 0.3) is 5.91 Å². The molecule has 2 aliphatic rings. The minimum atomic E-state index is -0.911. The standard InChI is InChI=1S/C19H22F2N4O2/c20-15-3-2-14(12-16(15)21)17-13-24(10-11-27-17)18(26)19(4-7-22-8-5-19)25-9-1-6-23-25/h1-3,6,9,12,17,22H,4-5,7-8,10-11,13H2. The quantitative estimate of drug-likeness (QED) is 0.888. The fraction of sp³-hybridized carbons (Fsp3) is 0.474. The molecule has 1 unspecified atom stereocenters. The molecule has 2 fully saturated rings.